The monoisotopic (exact) mass is 880 g/mol. The van der Waals surface area contributed by atoms with Gasteiger partial charge >= 0.3 is 29.6 Å². The number of Topliss-reactive ketones (excluding diaryl/α,β-unsaturated/α-hetero) is 1. The molecule has 1 aliphatic carbocycles. The van der Waals surface area contributed by atoms with Crippen molar-refractivity contribution in [1.29, 1.82) is 0 Å². The summed E-state index contributed by atoms with van der Waals surface area (Å²) in [5.41, 5.74) is 2.01. The smallest absolute Gasteiger partial charge is 0.871 e. The van der Waals surface area contributed by atoms with E-state index in [4.69, 9.17) is 0 Å². The van der Waals surface area contributed by atoms with Gasteiger partial charge in [-0.1, -0.05) is 23.9 Å². The van der Waals surface area contributed by atoms with E-state index in [0.717, 1.165) is 0 Å². The van der Waals surface area contributed by atoms with Gasteiger partial charge in [-0.25, -0.2) is 0 Å². The van der Waals surface area contributed by atoms with Gasteiger partial charge in [-0.3, -0.25) is 9.35 Å². The summed E-state index contributed by atoms with van der Waals surface area (Å²) in [4.78, 5) is 11.9. The van der Waals surface area contributed by atoms with Crippen LogP contribution in [0.5, 0.6) is 5.75 Å². The van der Waals surface area contributed by atoms with E-state index in [2.05, 4.69) is 0 Å². The number of benzene rings is 2. The van der Waals surface area contributed by atoms with E-state index < -0.39 is 10.1 Å². The van der Waals surface area contributed by atoms with Gasteiger partial charge in [-0.05, 0) is 137 Å². The van der Waals surface area contributed by atoms with Gasteiger partial charge in [0.05, 0.1) is 7.16 Å². The predicted octanol–water partition coefficient (Wildman–Crippen LogP) is 2.24. The molecule has 30 heavy (non-hydrogen) atoms. The number of allylic oxidation sites excluding steroid dienone is 5. The molecule has 0 aliphatic heterocycles. The molecule has 1 aliphatic rings. The zero-order chi connectivity index (χ0) is 21.5. The molecule has 0 atom stereocenters. The number of ketones is 1. The van der Waals surface area contributed by atoms with Crippen LogP contribution in [0.1, 0.15) is 11.1 Å². The summed E-state index contributed by atoms with van der Waals surface area (Å²) < 4.78 is 35.8. The zero-order valence-corrected chi connectivity index (χ0v) is 26.6. The number of hydrogen-bond acceptors (Lipinski definition) is 4. The van der Waals surface area contributed by atoms with Crippen molar-refractivity contribution >= 4 is 112 Å². The minimum atomic E-state index is -4.50. The van der Waals surface area contributed by atoms with E-state index in [-0.39, 0.29) is 51.5 Å². The van der Waals surface area contributed by atoms with Crippen molar-refractivity contribution in [3.05, 3.63) is 79.6 Å². The molecule has 0 fully saturated rings. The van der Waals surface area contributed by atoms with Gasteiger partial charge in [-0.15, -0.1) is 0 Å². The molecule has 1 N–H and O–H groups in total. The van der Waals surface area contributed by atoms with Crippen LogP contribution in [0.2, 0.25) is 0 Å². The maximum Gasteiger partial charge on any atom is 1.00 e. The summed E-state index contributed by atoms with van der Waals surface area (Å²) >= 11 is 7.76. The Bertz CT molecular complexity index is 1200. The molecule has 0 bridgehead atoms. The van der Waals surface area contributed by atoms with Gasteiger partial charge in [0, 0.05) is 12.7 Å². The Morgan fingerprint density at radius 1 is 0.933 bits per heavy atom. The summed E-state index contributed by atoms with van der Waals surface area (Å²) in [6.45, 7) is 0. The van der Waals surface area contributed by atoms with Crippen molar-refractivity contribution < 1.29 is 52.4 Å². The van der Waals surface area contributed by atoms with Crippen LogP contribution in [0.4, 0.5) is 0 Å². The molecule has 150 valence electrons. The molecule has 0 heterocycles. The first-order valence-electron chi connectivity index (χ1n) is 7.77. The molecule has 5 nitrogen and oxygen atoms in total. The molecular formula is C19H9I4NaO5S. The van der Waals surface area contributed by atoms with E-state index in [0.29, 0.717) is 31.0 Å². The molecule has 0 radical (unpaired) electrons. The van der Waals surface area contributed by atoms with Crippen molar-refractivity contribution in [1.82, 2.24) is 0 Å². The van der Waals surface area contributed by atoms with Gasteiger partial charge in [-0.2, -0.15) is 8.42 Å². The van der Waals surface area contributed by atoms with Gasteiger partial charge < -0.3 is 5.11 Å². The molecule has 11 heteroatoms. The minimum absolute atomic E-state index is 0. The normalized spacial score (nSPS) is 14.0. The Morgan fingerprint density at radius 2 is 1.43 bits per heavy atom. The van der Waals surface area contributed by atoms with E-state index in [1.165, 1.54) is 12.1 Å². The Balaban J connectivity index is 0.00000320. The Morgan fingerprint density at radius 3 is 1.93 bits per heavy atom. The SMILES string of the molecule is O=C1C(I)=CC(=C(c2cc(I)c([O-])c(I)c2)c2ccccc2S(=O)(=O)O)C=C1I.[Na+]. The van der Waals surface area contributed by atoms with Crippen LogP contribution in [0.15, 0.2) is 66.2 Å². The van der Waals surface area contributed by atoms with Crippen LogP contribution in [-0.4, -0.2) is 18.8 Å². The molecule has 3 rings (SSSR count). The molecule has 2 aromatic carbocycles. The second-order valence-corrected chi connectivity index (χ2v) is 11.9. The molecule has 0 saturated carbocycles. The van der Waals surface area contributed by atoms with Crippen molar-refractivity contribution in [2.75, 3.05) is 0 Å². The van der Waals surface area contributed by atoms with Crippen LogP contribution in [-0.2, 0) is 14.9 Å². The third-order valence-electron chi connectivity index (χ3n) is 4.01. The fourth-order valence-corrected chi connectivity index (χ4v) is 7.02. The van der Waals surface area contributed by atoms with Gasteiger partial charge in [0.2, 0.25) is 5.78 Å². The van der Waals surface area contributed by atoms with Crippen molar-refractivity contribution in [3.63, 3.8) is 0 Å². The summed E-state index contributed by atoms with van der Waals surface area (Å²) in [5, 5.41) is 12.2. The van der Waals surface area contributed by atoms with Crippen molar-refractivity contribution in [3.8, 4) is 5.75 Å². The maximum absolute atomic E-state index is 12.2. The molecule has 0 saturated heterocycles. The third kappa shape index (κ3) is 5.90. The average Bonchev–Trinajstić information content (AvgIpc) is 2.64. The quantitative estimate of drug-likeness (QED) is 0.291. The molecule has 2 aromatic rings. The topological polar surface area (TPSA) is 94.5 Å². The van der Waals surface area contributed by atoms with E-state index >= 15 is 0 Å². The maximum atomic E-state index is 12.2. The van der Waals surface area contributed by atoms with Crippen LogP contribution >= 0.6 is 90.4 Å². The largest absolute Gasteiger partial charge is 1.00 e. The predicted molar refractivity (Wildman–Crippen MR) is 143 cm³/mol. The second-order valence-electron chi connectivity index (χ2n) is 5.88. The Kier molecular flexibility index (Phi) is 9.91. The standard InChI is InChI=1S/C19H10I4O5S.Na/c20-12-5-9(6-13(21)18(12)24)17(10-7-14(22)19(25)15(23)8-10)11-3-1-2-4-16(11)29(26,27)28;/h1-8,24H,(H,26,27,28);/q;+1/p-1. The molecule has 0 aromatic heterocycles. The number of carbonyl (C=O) groups is 1. The fourth-order valence-electron chi connectivity index (χ4n) is 2.78. The number of carbonyl (C=O) groups excluding carboxylic acids is 1. The first kappa shape index (κ1) is 27.2. The summed E-state index contributed by atoms with van der Waals surface area (Å²) in [5.74, 6) is -0.229. The summed E-state index contributed by atoms with van der Waals surface area (Å²) in [6.07, 6.45) is 3.35. The van der Waals surface area contributed by atoms with Crippen LogP contribution in [0.25, 0.3) is 5.57 Å². The first-order chi connectivity index (χ1) is 13.5. The Hall–Kier alpha value is 0.960. The average molecular weight is 880 g/mol. The zero-order valence-electron chi connectivity index (χ0n) is 15.1. The van der Waals surface area contributed by atoms with E-state index in [9.17, 15) is 22.9 Å². The fraction of sp³-hybridized carbons (Fsp3) is 0. The third-order valence-corrected chi connectivity index (χ3v) is 8.13. The van der Waals surface area contributed by atoms with Gasteiger partial charge in [0.1, 0.15) is 4.90 Å². The number of halogens is 4. The van der Waals surface area contributed by atoms with Crippen molar-refractivity contribution in [2.45, 2.75) is 4.90 Å². The second kappa shape index (κ2) is 10.9. The molecular weight excluding hydrogens is 871 g/mol. The first-order valence-corrected chi connectivity index (χ1v) is 13.5. The Labute approximate surface area is 250 Å². The molecule has 0 unspecified atom stereocenters. The number of hydrogen-bond donors (Lipinski definition) is 1. The van der Waals surface area contributed by atoms with Crippen LogP contribution in [0, 0.1) is 7.14 Å². The molecule has 0 amide bonds. The van der Waals surface area contributed by atoms with Crippen LogP contribution in [0.3, 0.4) is 0 Å². The van der Waals surface area contributed by atoms with Crippen LogP contribution < -0.4 is 34.7 Å². The summed E-state index contributed by atoms with van der Waals surface area (Å²) in [6, 6.07) is 9.44. The van der Waals surface area contributed by atoms with Gasteiger partial charge in [0.25, 0.3) is 10.1 Å². The molecule has 0 spiro atoms. The minimum Gasteiger partial charge on any atom is -0.871 e. The van der Waals surface area contributed by atoms with Crippen molar-refractivity contribution in [2.24, 2.45) is 0 Å². The van der Waals surface area contributed by atoms with Gasteiger partial charge in [0.15, 0.2) is 0 Å². The number of rotatable bonds is 3. The van der Waals surface area contributed by atoms with E-state index in [1.54, 1.807) is 36.4 Å². The van der Waals surface area contributed by atoms with E-state index in [1.807, 2.05) is 90.4 Å². The summed E-state index contributed by atoms with van der Waals surface area (Å²) in [7, 11) is -4.50.